The van der Waals surface area contributed by atoms with Crippen LogP contribution in [-0.4, -0.2) is 85.8 Å². The first-order valence-electron chi connectivity index (χ1n) is 19.8. The van der Waals surface area contributed by atoms with Gasteiger partial charge in [0.05, 0.1) is 25.7 Å². The van der Waals surface area contributed by atoms with E-state index in [4.69, 9.17) is 28.4 Å². The highest BCUT2D eigenvalue weighted by Crippen LogP contribution is 2.75. The Kier molecular flexibility index (Phi) is 10.3. The van der Waals surface area contributed by atoms with Crippen LogP contribution in [0.15, 0.2) is 11.6 Å². The molecule has 4 saturated carbocycles. The van der Waals surface area contributed by atoms with Gasteiger partial charge in [-0.15, -0.1) is 0 Å². The predicted octanol–water partition coefficient (Wildman–Crippen LogP) is 5.65. The van der Waals surface area contributed by atoms with E-state index >= 15 is 0 Å². The first-order chi connectivity index (χ1) is 25.0. The Morgan fingerprint density at radius 1 is 0.815 bits per heavy atom. The molecule has 0 aromatic heterocycles. The van der Waals surface area contributed by atoms with Crippen LogP contribution in [0.3, 0.4) is 0 Å². The molecule has 0 aromatic rings. The number of methoxy groups -OCH3 is 2. The molecule has 14 atom stereocenters. The van der Waals surface area contributed by atoms with E-state index in [1.165, 1.54) is 12.7 Å². The minimum absolute atomic E-state index is 0.0200. The lowest BCUT2D eigenvalue weighted by Crippen LogP contribution is -2.67. The maximum atomic E-state index is 14.9. The summed E-state index contributed by atoms with van der Waals surface area (Å²) in [6.45, 7) is 17.9. The van der Waals surface area contributed by atoms with Crippen molar-refractivity contribution in [2.24, 2.45) is 50.2 Å². The number of hydrogen-bond donors (Lipinski definition) is 1. The summed E-state index contributed by atoms with van der Waals surface area (Å²) in [6, 6.07) is 0. The van der Waals surface area contributed by atoms with Gasteiger partial charge in [-0.25, -0.2) is 4.79 Å². The number of hydrogen-bond acceptors (Lipinski definition) is 12. The van der Waals surface area contributed by atoms with E-state index < -0.39 is 65.5 Å². The summed E-state index contributed by atoms with van der Waals surface area (Å²) in [6.07, 6.45) is 1.49. The molecular formula is C42H62O12. The number of aliphatic hydroxyl groups is 1. The molecule has 302 valence electrons. The van der Waals surface area contributed by atoms with Crippen molar-refractivity contribution in [2.75, 3.05) is 14.2 Å². The molecule has 0 aromatic carbocycles. The third-order valence-electron chi connectivity index (χ3n) is 16.0. The van der Waals surface area contributed by atoms with E-state index in [2.05, 4.69) is 41.5 Å². The Balaban J connectivity index is 1.30. The number of rotatable bonds is 6. The average Bonchev–Trinajstić information content (AvgIpc) is 3.09. The summed E-state index contributed by atoms with van der Waals surface area (Å²) in [5, 5.41) is 11.5. The standard InChI is InChI=1S/C42H62O12/c1-22(43)51-30-29(46)35(54-32(34(47)49-10)31(30)52-23(2)44)53-28-13-14-40(7)27(37(28,3)4)12-15-42(9)33(40)26(45)20-24-25-21-39(6,36(48)50-11)17-16-38(25,5)18-19-41(24,42)8/h20,25,27-33,35,46H,12-19,21H2,1-11H3/t25?,27?,28?,29-,30-,31+,32+,33?,35+,38-,39+,40+,41-,42-/m1/s1. The van der Waals surface area contributed by atoms with Crippen molar-refractivity contribution < 1.29 is 57.5 Å². The Labute approximate surface area is 319 Å². The number of allylic oxidation sites excluding steroid dienone is 2. The van der Waals surface area contributed by atoms with Gasteiger partial charge < -0.3 is 33.5 Å². The fourth-order valence-electron chi connectivity index (χ4n) is 12.9. The van der Waals surface area contributed by atoms with Gasteiger partial charge in [0.15, 0.2) is 30.4 Å². The Hall–Kier alpha value is -2.83. The van der Waals surface area contributed by atoms with Gasteiger partial charge in [0.2, 0.25) is 0 Å². The van der Waals surface area contributed by atoms with E-state index in [0.717, 1.165) is 59.5 Å². The molecule has 1 saturated heterocycles. The molecule has 4 unspecified atom stereocenters. The quantitative estimate of drug-likeness (QED) is 0.202. The number of aliphatic hydroxyl groups excluding tert-OH is 1. The molecule has 6 aliphatic rings. The van der Waals surface area contributed by atoms with Gasteiger partial charge in [-0.1, -0.05) is 47.1 Å². The van der Waals surface area contributed by atoms with Crippen molar-refractivity contribution in [3.8, 4) is 0 Å². The molecule has 6 rings (SSSR count). The van der Waals surface area contributed by atoms with Gasteiger partial charge in [-0.3, -0.25) is 19.2 Å². The third kappa shape index (κ3) is 6.06. The van der Waals surface area contributed by atoms with E-state index in [1.807, 2.05) is 13.0 Å². The van der Waals surface area contributed by atoms with Gasteiger partial charge in [-0.2, -0.15) is 0 Å². The second-order valence-electron chi connectivity index (χ2n) is 19.3. The predicted molar refractivity (Wildman–Crippen MR) is 194 cm³/mol. The maximum Gasteiger partial charge on any atom is 0.339 e. The molecule has 12 nitrogen and oxygen atoms in total. The molecule has 0 spiro atoms. The van der Waals surface area contributed by atoms with Crippen LogP contribution < -0.4 is 0 Å². The second-order valence-corrected chi connectivity index (χ2v) is 19.3. The second kappa shape index (κ2) is 13.7. The highest BCUT2D eigenvalue weighted by Gasteiger charge is 2.71. The summed E-state index contributed by atoms with van der Waals surface area (Å²) in [7, 11) is 2.62. The Morgan fingerprint density at radius 2 is 1.44 bits per heavy atom. The highest BCUT2D eigenvalue weighted by atomic mass is 16.7. The molecule has 0 bridgehead atoms. The average molecular weight is 759 g/mol. The molecule has 5 fully saturated rings. The zero-order valence-electron chi connectivity index (χ0n) is 34.1. The van der Waals surface area contributed by atoms with Gasteiger partial charge in [0, 0.05) is 19.8 Å². The lowest BCUT2D eigenvalue weighted by atomic mass is 9.33. The van der Waals surface area contributed by atoms with Gasteiger partial charge in [-0.05, 0) is 110 Å². The summed E-state index contributed by atoms with van der Waals surface area (Å²) < 4.78 is 33.6. The van der Waals surface area contributed by atoms with Crippen LogP contribution in [0.4, 0.5) is 0 Å². The van der Waals surface area contributed by atoms with E-state index in [1.54, 1.807) is 0 Å². The van der Waals surface area contributed by atoms with Crippen LogP contribution in [0.25, 0.3) is 0 Å². The summed E-state index contributed by atoms with van der Waals surface area (Å²) in [5.74, 6) is -2.41. The molecule has 0 radical (unpaired) electrons. The van der Waals surface area contributed by atoms with E-state index in [-0.39, 0.29) is 51.2 Å². The van der Waals surface area contributed by atoms with E-state index in [0.29, 0.717) is 19.3 Å². The minimum Gasteiger partial charge on any atom is -0.469 e. The molecule has 12 heteroatoms. The number of fused-ring (bicyclic) bond motifs is 7. The van der Waals surface area contributed by atoms with Crippen LogP contribution in [0.1, 0.15) is 120 Å². The topological polar surface area (TPSA) is 161 Å². The van der Waals surface area contributed by atoms with Crippen LogP contribution in [0.2, 0.25) is 0 Å². The normalized spacial score (nSPS) is 46.6. The summed E-state index contributed by atoms with van der Waals surface area (Å²) in [5.41, 5.74) is -0.738. The monoisotopic (exact) mass is 758 g/mol. The largest absolute Gasteiger partial charge is 0.469 e. The molecule has 1 N–H and O–H groups in total. The number of ether oxygens (including phenoxy) is 6. The van der Waals surface area contributed by atoms with Gasteiger partial charge in [0.1, 0.15) is 6.10 Å². The molecule has 0 amide bonds. The van der Waals surface area contributed by atoms with Crippen LogP contribution >= 0.6 is 0 Å². The van der Waals surface area contributed by atoms with Crippen molar-refractivity contribution in [1.29, 1.82) is 0 Å². The SMILES string of the molecule is COC(=O)[C@H]1O[C@H](OC2CC[C@@]3(C)C(CC[C@]4(C)C3C(=O)C=C3C5C[C@@](C)(C(=O)OC)CC[C@]5(C)CC[C@]34C)C2(C)C)[C@H](O)[C@@H](OC(C)=O)[C@@H]1OC(C)=O. The van der Waals surface area contributed by atoms with Crippen LogP contribution in [0.5, 0.6) is 0 Å². The molecule has 1 aliphatic heterocycles. The number of carbonyl (C=O) groups is 5. The van der Waals surface area contributed by atoms with Crippen molar-refractivity contribution in [2.45, 2.75) is 157 Å². The zero-order valence-corrected chi connectivity index (χ0v) is 34.1. The lowest BCUT2D eigenvalue weighted by molar-refractivity contribution is -0.325. The van der Waals surface area contributed by atoms with Gasteiger partial charge in [0.25, 0.3) is 0 Å². The number of carbonyl (C=O) groups excluding carboxylic acids is 5. The first kappa shape index (κ1) is 40.8. The molecule has 54 heavy (non-hydrogen) atoms. The maximum absolute atomic E-state index is 14.9. The van der Waals surface area contributed by atoms with Crippen molar-refractivity contribution >= 4 is 29.7 Å². The van der Waals surface area contributed by atoms with Gasteiger partial charge >= 0.3 is 23.9 Å². The first-order valence-corrected chi connectivity index (χ1v) is 19.8. The smallest absolute Gasteiger partial charge is 0.339 e. The zero-order chi connectivity index (χ0) is 40.0. The number of ketones is 1. The number of esters is 4. The summed E-state index contributed by atoms with van der Waals surface area (Å²) in [4.78, 5) is 65.0. The molecular weight excluding hydrogens is 696 g/mol. The third-order valence-corrected chi connectivity index (χ3v) is 16.0. The highest BCUT2D eigenvalue weighted by molar-refractivity contribution is 5.95. The Morgan fingerprint density at radius 3 is 2.06 bits per heavy atom. The minimum atomic E-state index is -1.58. The van der Waals surface area contributed by atoms with Crippen molar-refractivity contribution in [1.82, 2.24) is 0 Å². The Bertz CT molecular complexity index is 1600. The lowest BCUT2D eigenvalue weighted by Gasteiger charge is -2.70. The molecule has 5 aliphatic carbocycles. The van der Waals surface area contributed by atoms with Crippen LogP contribution in [-0.2, 0) is 52.4 Å². The molecule has 1 heterocycles. The van der Waals surface area contributed by atoms with E-state index in [9.17, 15) is 29.1 Å². The fourth-order valence-corrected chi connectivity index (χ4v) is 12.9. The summed E-state index contributed by atoms with van der Waals surface area (Å²) >= 11 is 0. The van der Waals surface area contributed by atoms with Crippen LogP contribution in [0, 0.1) is 50.2 Å². The van der Waals surface area contributed by atoms with Crippen molar-refractivity contribution in [3.63, 3.8) is 0 Å². The fraction of sp³-hybridized carbons (Fsp3) is 0.833. The van der Waals surface area contributed by atoms with Crippen molar-refractivity contribution in [3.05, 3.63) is 11.6 Å².